The number of aryl methyl sites for hydroxylation is 2. The van der Waals surface area contributed by atoms with E-state index in [-0.39, 0.29) is 0 Å². The Hall–Kier alpha value is -3.32. The lowest BCUT2D eigenvalue weighted by Crippen LogP contribution is -2.20. The van der Waals surface area contributed by atoms with Crippen LogP contribution in [-0.4, -0.2) is 23.6 Å². The van der Waals surface area contributed by atoms with Crippen LogP contribution in [-0.2, 0) is 16.1 Å². The summed E-state index contributed by atoms with van der Waals surface area (Å²) in [6, 6.07) is 13.1. The molecule has 1 aromatic heterocycles. The molecule has 0 atom stereocenters. The van der Waals surface area contributed by atoms with Crippen molar-refractivity contribution in [3.05, 3.63) is 76.1 Å². The highest BCUT2D eigenvalue weighted by Crippen LogP contribution is 2.18. The largest absolute Gasteiger partial charge is 0.489 e. The molecule has 0 spiro atoms. The highest BCUT2D eigenvalue weighted by atomic mass is 35.5. The maximum absolute atomic E-state index is 12.1. The number of carbonyl (C=O) groups is 2. The molecule has 2 aromatic carbocycles. The van der Waals surface area contributed by atoms with Crippen molar-refractivity contribution in [2.45, 2.75) is 20.5 Å². The van der Waals surface area contributed by atoms with Crippen LogP contribution in [0, 0.1) is 13.8 Å². The Morgan fingerprint density at radius 2 is 1.76 bits per heavy atom. The number of halogens is 1. The van der Waals surface area contributed by atoms with Gasteiger partial charge < -0.3 is 19.3 Å². The Bertz CT molecular complexity index is 977. The third-order valence-electron chi connectivity index (χ3n) is 4.12. The Labute approximate surface area is 172 Å². The van der Waals surface area contributed by atoms with Crippen LogP contribution in [0.3, 0.4) is 0 Å². The normalized spacial score (nSPS) is 10.4. The summed E-state index contributed by atoms with van der Waals surface area (Å²) in [5.41, 5.74) is 2.55. The van der Waals surface area contributed by atoms with Crippen molar-refractivity contribution in [2.24, 2.45) is 0 Å². The van der Waals surface area contributed by atoms with Crippen molar-refractivity contribution in [1.29, 1.82) is 0 Å². The smallest absolute Gasteiger partial charge is 0.338 e. The number of benzene rings is 2. The molecule has 29 heavy (non-hydrogen) atoms. The number of carbonyl (C=O) groups excluding carboxylic acids is 2. The van der Waals surface area contributed by atoms with Crippen LogP contribution in [0.15, 0.2) is 53.1 Å². The van der Waals surface area contributed by atoms with Gasteiger partial charge in [0.05, 0.1) is 16.8 Å². The zero-order valence-electron chi connectivity index (χ0n) is 15.9. The minimum Gasteiger partial charge on any atom is -0.489 e. The Kier molecular flexibility index (Phi) is 6.51. The van der Waals surface area contributed by atoms with E-state index >= 15 is 0 Å². The minimum absolute atomic E-state index is 0.314. The van der Waals surface area contributed by atoms with Crippen LogP contribution in [0.1, 0.15) is 27.4 Å². The summed E-state index contributed by atoms with van der Waals surface area (Å²) in [6.07, 6.45) is 0. The summed E-state index contributed by atoms with van der Waals surface area (Å²) in [6.45, 7) is 3.58. The molecular weight excluding hydrogens is 396 g/mol. The van der Waals surface area contributed by atoms with Crippen molar-refractivity contribution < 1.29 is 23.6 Å². The molecule has 0 saturated carbocycles. The highest BCUT2D eigenvalue weighted by Gasteiger charge is 2.12. The Morgan fingerprint density at radius 1 is 1.07 bits per heavy atom. The van der Waals surface area contributed by atoms with Crippen molar-refractivity contribution >= 4 is 29.2 Å². The van der Waals surface area contributed by atoms with Gasteiger partial charge in [0.25, 0.3) is 5.91 Å². The summed E-state index contributed by atoms with van der Waals surface area (Å²) >= 11 is 5.79. The average molecular weight is 415 g/mol. The molecule has 0 saturated heterocycles. The van der Waals surface area contributed by atoms with Gasteiger partial charge in [0.15, 0.2) is 6.61 Å². The number of rotatable bonds is 7. The molecule has 8 heteroatoms. The molecule has 0 unspecified atom stereocenters. The molecule has 0 radical (unpaired) electrons. The lowest BCUT2D eigenvalue weighted by molar-refractivity contribution is -0.119. The van der Waals surface area contributed by atoms with Crippen LogP contribution >= 0.6 is 11.6 Å². The van der Waals surface area contributed by atoms with E-state index in [1.165, 1.54) is 0 Å². The van der Waals surface area contributed by atoms with Gasteiger partial charge in [-0.3, -0.25) is 4.79 Å². The molecule has 0 bridgehead atoms. The van der Waals surface area contributed by atoms with Gasteiger partial charge in [-0.25, -0.2) is 4.79 Å². The first kappa shape index (κ1) is 20.4. The van der Waals surface area contributed by atoms with Crippen molar-refractivity contribution in [3.8, 4) is 5.75 Å². The lowest BCUT2D eigenvalue weighted by atomic mass is 10.2. The third kappa shape index (κ3) is 5.58. The molecule has 0 aliphatic rings. The predicted molar refractivity (Wildman–Crippen MR) is 107 cm³/mol. The molecular formula is C21H19ClN2O5. The maximum Gasteiger partial charge on any atom is 0.338 e. The molecule has 7 nitrogen and oxygen atoms in total. The lowest BCUT2D eigenvalue weighted by Gasteiger charge is -2.08. The highest BCUT2D eigenvalue weighted by molar-refractivity contribution is 6.30. The van der Waals surface area contributed by atoms with Crippen LogP contribution in [0.25, 0.3) is 0 Å². The van der Waals surface area contributed by atoms with E-state index in [4.69, 9.17) is 25.6 Å². The molecule has 3 rings (SSSR count). The van der Waals surface area contributed by atoms with Crippen molar-refractivity contribution in [3.63, 3.8) is 0 Å². The molecule has 1 N–H and O–H groups in total. The molecule has 3 aromatic rings. The second kappa shape index (κ2) is 9.25. The first-order chi connectivity index (χ1) is 13.9. The van der Waals surface area contributed by atoms with Gasteiger partial charge in [0, 0.05) is 10.7 Å². The number of ether oxygens (including phenoxy) is 2. The molecule has 0 fully saturated rings. The minimum atomic E-state index is -0.603. The second-order valence-corrected chi connectivity index (χ2v) is 6.68. The number of nitrogens with one attached hydrogen (secondary N) is 1. The summed E-state index contributed by atoms with van der Waals surface area (Å²) in [7, 11) is 0. The van der Waals surface area contributed by atoms with E-state index in [0.717, 1.165) is 11.3 Å². The second-order valence-electron chi connectivity index (χ2n) is 6.25. The van der Waals surface area contributed by atoms with E-state index in [9.17, 15) is 9.59 Å². The zero-order valence-corrected chi connectivity index (χ0v) is 16.7. The van der Waals surface area contributed by atoms with Gasteiger partial charge in [-0.2, -0.15) is 0 Å². The molecule has 0 aliphatic heterocycles. The number of hydrogen-bond donors (Lipinski definition) is 1. The molecule has 1 amide bonds. The van der Waals surface area contributed by atoms with Crippen LogP contribution in [0.2, 0.25) is 5.02 Å². The van der Waals surface area contributed by atoms with E-state index in [0.29, 0.717) is 34.4 Å². The van der Waals surface area contributed by atoms with Crippen molar-refractivity contribution in [1.82, 2.24) is 5.16 Å². The number of hydrogen-bond acceptors (Lipinski definition) is 6. The topological polar surface area (TPSA) is 90.7 Å². The fourth-order valence-electron chi connectivity index (χ4n) is 2.50. The first-order valence-electron chi connectivity index (χ1n) is 8.79. The summed E-state index contributed by atoms with van der Waals surface area (Å²) in [5, 5.41) is 7.06. The van der Waals surface area contributed by atoms with E-state index < -0.39 is 18.5 Å². The zero-order chi connectivity index (χ0) is 20.8. The van der Waals surface area contributed by atoms with E-state index in [1.54, 1.807) is 48.5 Å². The van der Waals surface area contributed by atoms with Gasteiger partial charge >= 0.3 is 5.97 Å². The summed E-state index contributed by atoms with van der Waals surface area (Å²) in [5.74, 6) is 0.246. The number of nitrogens with zero attached hydrogens (tertiary/aromatic N) is 1. The van der Waals surface area contributed by atoms with E-state index in [1.807, 2.05) is 13.8 Å². The number of amides is 1. The SMILES string of the molecule is Cc1noc(C)c1COc1ccc(C(=O)OCC(=O)Nc2ccc(Cl)cc2)cc1. The Morgan fingerprint density at radius 3 is 2.38 bits per heavy atom. The van der Waals surface area contributed by atoms with Gasteiger partial charge in [0.2, 0.25) is 0 Å². The molecule has 1 heterocycles. The summed E-state index contributed by atoms with van der Waals surface area (Å²) < 4.78 is 15.8. The van der Waals surface area contributed by atoms with Crippen LogP contribution in [0.4, 0.5) is 5.69 Å². The van der Waals surface area contributed by atoms with Crippen LogP contribution < -0.4 is 10.1 Å². The van der Waals surface area contributed by atoms with Gasteiger partial charge in [0.1, 0.15) is 18.1 Å². The quantitative estimate of drug-likeness (QED) is 0.579. The van der Waals surface area contributed by atoms with Gasteiger partial charge in [-0.05, 0) is 62.4 Å². The van der Waals surface area contributed by atoms with Gasteiger partial charge in [-0.15, -0.1) is 0 Å². The predicted octanol–water partition coefficient (Wildman–Crippen LogP) is 4.32. The van der Waals surface area contributed by atoms with Gasteiger partial charge in [-0.1, -0.05) is 16.8 Å². The third-order valence-corrected chi connectivity index (χ3v) is 4.37. The number of aromatic nitrogens is 1. The number of esters is 1. The van der Waals surface area contributed by atoms with Crippen LogP contribution in [0.5, 0.6) is 5.75 Å². The monoisotopic (exact) mass is 414 g/mol. The van der Waals surface area contributed by atoms with E-state index in [2.05, 4.69) is 10.5 Å². The standard InChI is InChI=1S/C21H19ClN2O5/c1-13-19(14(2)29-24-13)11-27-18-9-3-15(4-10-18)21(26)28-12-20(25)23-17-7-5-16(22)6-8-17/h3-10H,11-12H2,1-2H3,(H,23,25). The molecule has 0 aliphatic carbocycles. The summed E-state index contributed by atoms with van der Waals surface area (Å²) in [4.78, 5) is 24.0. The average Bonchev–Trinajstić information content (AvgIpc) is 3.04. The number of anilines is 1. The fraction of sp³-hybridized carbons (Fsp3) is 0.190. The first-order valence-corrected chi connectivity index (χ1v) is 9.17. The Balaban J connectivity index is 1.48. The molecule has 150 valence electrons. The maximum atomic E-state index is 12.1. The fourth-order valence-corrected chi connectivity index (χ4v) is 2.62. The van der Waals surface area contributed by atoms with Crippen molar-refractivity contribution in [2.75, 3.05) is 11.9 Å².